The number of carbonyl (C=O) groups excluding carboxylic acids is 1. The summed E-state index contributed by atoms with van der Waals surface area (Å²) in [5.41, 5.74) is 0.821. The third-order valence-corrected chi connectivity index (χ3v) is 1.89. The van der Waals surface area contributed by atoms with Crippen molar-refractivity contribution in [2.75, 3.05) is 5.88 Å². The molecular formula is C8H12ClN3O2. The Morgan fingerprint density at radius 1 is 1.79 bits per heavy atom. The van der Waals surface area contributed by atoms with E-state index < -0.39 is 0 Å². The molecule has 0 spiro atoms. The van der Waals surface area contributed by atoms with Crippen LogP contribution in [0.4, 0.5) is 0 Å². The highest BCUT2D eigenvalue weighted by atomic mass is 35.5. The van der Waals surface area contributed by atoms with E-state index in [0.717, 1.165) is 5.69 Å². The Hall–Kier alpha value is -1.10. The lowest BCUT2D eigenvalue weighted by molar-refractivity contribution is -0.145. The Kier molecular flexibility index (Phi) is 3.88. The number of halogens is 1. The number of hydrogen-bond donors (Lipinski definition) is 0. The topological polar surface area (TPSA) is 57.0 Å². The summed E-state index contributed by atoms with van der Waals surface area (Å²) in [7, 11) is 0. The minimum absolute atomic E-state index is 0.248. The summed E-state index contributed by atoms with van der Waals surface area (Å²) >= 11 is 5.63. The Bertz CT molecular complexity index is 313. The predicted molar refractivity (Wildman–Crippen MR) is 51.0 cm³/mol. The molecule has 5 nitrogen and oxygen atoms in total. The van der Waals surface area contributed by atoms with Crippen molar-refractivity contribution in [3.05, 3.63) is 11.9 Å². The summed E-state index contributed by atoms with van der Waals surface area (Å²) in [6.07, 6.45) is 1.42. The van der Waals surface area contributed by atoms with E-state index in [9.17, 15) is 4.79 Å². The van der Waals surface area contributed by atoms with E-state index in [2.05, 4.69) is 10.3 Å². The van der Waals surface area contributed by atoms with Crippen molar-refractivity contribution < 1.29 is 9.53 Å². The van der Waals surface area contributed by atoms with Crippen LogP contribution < -0.4 is 0 Å². The zero-order valence-electron chi connectivity index (χ0n) is 8.11. The molecule has 1 aromatic rings. The molecule has 0 aliphatic rings. The fraction of sp³-hybridized carbons (Fsp3) is 0.625. The van der Waals surface area contributed by atoms with Gasteiger partial charge in [0.25, 0.3) is 0 Å². The maximum Gasteiger partial charge on any atom is 0.303 e. The first-order valence-corrected chi connectivity index (χ1v) is 4.75. The molecule has 0 aromatic carbocycles. The molecule has 14 heavy (non-hydrogen) atoms. The molecule has 78 valence electrons. The van der Waals surface area contributed by atoms with Gasteiger partial charge < -0.3 is 4.74 Å². The van der Waals surface area contributed by atoms with Crippen LogP contribution in [0.3, 0.4) is 0 Å². The highest BCUT2D eigenvalue weighted by molar-refractivity contribution is 6.18. The third-order valence-electron chi connectivity index (χ3n) is 1.55. The number of rotatable bonds is 4. The van der Waals surface area contributed by atoms with Gasteiger partial charge in [-0.1, -0.05) is 5.21 Å². The quantitative estimate of drug-likeness (QED) is 0.552. The van der Waals surface area contributed by atoms with Crippen molar-refractivity contribution in [1.82, 2.24) is 15.0 Å². The Labute approximate surface area is 87.0 Å². The van der Waals surface area contributed by atoms with Gasteiger partial charge >= 0.3 is 5.97 Å². The molecule has 1 aromatic heterocycles. The van der Waals surface area contributed by atoms with Gasteiger partial charge in [0.05, 0.1) is 18.1 Å². The van der Waals surface area contributed by atoms with Gasteiger partial charge in [0.2, 0.25) is 0 Å². The molecule has 0 fully saturated rings. The molecule has 0 saturated heterocycles. The first-order valence-electron chi connectivity index (χ1n) is 4.21. The summed E-state index contributed by atoms with van der Waals surface area (Å²) in [6.45, 7) is 3.63. The van der Waals surface area contributed by atoms with Gasteiger partial charge in [0.1, 0.15) is 6.10 Å². The van der Waals surface area contributed by atoms with Crippen molar-refractivity contribution in [2.45, 2.75) is 26.5 Å². The zero-order chi connectivity index (χ0) is 10.6. The van der Waals surface area contributed by atoms with Crippen LogP contribution in [-0.2, 0) is 16.1 Å². The number of nitrogens with zero attached hydrogens (tertiary/aromatic N) is 3. The number of aryl methyl sites for hydroxylation is 1. The van der Waals surface area contributed by atoms with Gasteiger partial charge in [0.15, 0.2) is 0 Å². The van der Waals surface area contributed by atoms with Crippen molar-refractivity contribution in [3.8, 4) is 0 Å². The largest absolute Gasteiger partial charge is 0.459 e. The lowest BCUT2D eigenvalue weighted by Gasteiger charge is -2.13. The SMILES string of the molecule is CC(=O)OC(CCl)Cn1cc(C)nn1. The molecule has 0 amide bonds. The summed E-state index contributed by atoms with van der Waals surface area (Å²) in [6, 6.07) is 0. The van der Waals surface area contributed by atoms with Crippen LogP contribution in [0, 0.1) is 6.92 Å². The standard InChI is InChI=1S/C8H12ClN3O2/c1-6-4-12(11-10-6)5-8(3-9)14-7(2)13/h4,8H,3,5H2,1-2H3. The molecule has 6 heteroatoms. The van der Waals surface area contributed by atoms with Crippen LogP contribution in [-0.4, -0.2) is 32.9 Å². The lowest BCUT2D eigenvalue weighted by Crippen LogP contribution is -2.24. The van der Waals surface area contributed by atoms with Crippen molar-refractivity contribution >= 4 is 17.6 Å². The van der Waals surface area contributed by atoms with E-state index in [1.807, 2.05) is 6.92 Å². The monoisotopic (exact) mass is 217 g/mol. The Morgan fingerprint density at radius 3 is 2.93 bits per heavy atom. The van der Waals surface area contributed by atoms with E-state index in [0.29, 0.717) is 6.54 Å². The molecule has 1 unspecified atom stereocenters. The number of alkyl halides is 1. The molecule has 0 saturated carbocycles. The van der Waals surface area contributed by atoms with Crippen molar-refractivity contribution in [2.24, 2.45) is 0 Å². The summed E-state index contributed by atoms with van der Waals surface area (Å²) in [5.74, 6) is -0.0918. The second-order valence-electron chi connectivity index (χ2n) is 2.97. The molecular weight excluding hydrogens is 206 g/mol. The summed E-state index contributed by atoms with van der Waals surface area (Å²) < 4.78 is 6.56. The minimum atomic E-state index is -0.352. The number of hydrogen-bond acceptors (Lipinski definition) is 4. The maximum absolute atomic E-state index is 10.7. The number of aromatic nitrogens is 3. The lowest BCUT2D eigenvalue weighted by atomic mass is 10.4. The highest BCUT2D eigenvalue weighted by Crippen LogP contribution is 2.00. The van der Waals surface area contributed by atoms with E-state index in [4.69, 9.17) is 16.3 Å². The van der Waals surface area contributed by atoms with Crippen molar-refractivity contribution in [3.63, 3.8) is 0 Å². The predicted octanol–water partition coefficient (Wildman–Crippen LogP) is 0.757. The van der Waals surface area contributed by atoms with Crippen LogP contribution in [0.2, 0.25) is 0 Å². The van der Waals surface area contributed by atoms with Gasteiger partial charge in [-0.2, -0.15) is 0 Å². The fourth-order valence-electron chi connectivity index (χ4n) is 1.05. The Morgan fingerprint density at radius 2 is 2.50 bits per heavy atom. The van der Waals surface area contributed by atoms with Crippen LogP contribution in [0.1, 0.15) is 12.6 Å². The first kappa shape index (κ1) is 11.0. The summed E-state index contributed by atoms with van der Waals surface area (Å²) in [4.78, 5) is 10.7. The second kappa shape index (κ2) is 4.95. The van der Waals surface area contributed by atoms with Gasteiger partial charge in [-0.05, 0) is 6.92 Å². The average Bonchev–Trinajstić information content (AvgIpc) is 2.49. The molecule has 0 aliphatic carbocycles. The van der Waals surface area contributed by atoms with Gasteiger partial charge in [-0.15, -0.1) is 16.7 Å². The number of ether oxygens (including phenoxy) is 1. The smallest absolute Gasteiger partial charge is 0.303 e. The second-order valence-corrected chi connectivity index (χ2v) is 3.28. The molecule has 0 N–H and O–H groups in total. The molecule has 0 bridgehead atoms. The molecule has 1 heterocycles. The fourth-order valence-corrected chi connectivity index (χ4v) is 1.21. The van der Waals surface area contributed by atoms with Gasteiger partial charge in [-0.25, -0.2) is 4.68 Å². The molecule has 0 aliphatic heterocycles. The highest BCUT2D eigenvalue weighted by Gasteiger charge is 2.12. The number of carbonyl (C=O) groups is 1. The maximum atomic E-state index is 10.7. The van der Waals surface area contributed by atoms with E-state index in [1.54, 1.807) is 10.9 Å². The van der Waals surface area contributed by atoms with Crippen LogP contribution in [0.15, 0.2) is 6.20 Å². The first-order chi connectivity index (χ1) is 6.61. The summed E-state index contributed by atoms with van der Waals surface area (Å²) in [5, 5.41) is 7.64. The van der Waals surface area contributed by atoms with Gasteiger partial charge in [0, 0.05) is 13.1 Å². The van der Waals surface area contributed by atoms with E-state index in [1.165, 1.54) is 6.92 Å². The molecule has 1 atom stereocenters. The third kappa shape index (κ3) is 3.33. The van der Waals surface area contributed by atoms with Crippen LogP contribution in [0.5, 0.6) is 0 Å². The van der Waals surface area contributed by atoms with E-state index in [-0.39, 0.29) is 18.0 Å². The minimum Gasteiger partial charge on any atom is -0.459 e. The van der Waals surface area contributed by atoms with Crippen molar-refractivity contribution in [1.29, 1.82) is 0 Å². The number of esters is 1. The van der Waals surface area contributed by atoms with Crippen LogP contribution in [0.25, 0.3) is 0 Å². The van der Waals surface area contributed by atoms with Crippen LogP contribution >= 0.6 is 11.6 Å². The normalized spacial score (nSPS) is 12.5. The zero-order valence-corrected chi connectivity index (χ0v) is 8.86. The Balaban J connectivity index is 2.52. The average molecular weight is 218 g/mol. The molecule has 1 rings (SSSR count). The molecule has 0 radical (unpaired) electrons. The van der Waals surface area contributed by atoms with E-state index >= 15 is 0 Å². The van der Waals surface area contributed by atoms with Gasteiger partial charge in [-0.3, -0.25) is 4.79 Å².